The zero-order valence-corrected chi connectivity index (χ0v) is 10.8. The maximum absolute atomic E-state index is 12.0. The summed E-state index contributed by atoms with van der Waals surface area (Å²) in [6, 6.07) is 0. The molecule has 0 saturated carbocycles. The molecule has 1 aliphatic heterocycles. The van der Waals surface area contributed by atoms with Gasteiger partial charge in [-0.15, -0.1) is 0 Å². The SMILES string of the molecule is COC(=O)C1=CC(C(=O)OC)C2=C(CCCC2=O)N1. The highest BCUT2D eigenvalue weighted by atomic mass is 16.5. The second-order valence-electron chi connectivity index (χ2n) is 4.37. The highest BCUT2D eigenvalue weighted by molar-refractivity contribution is 6.04. The molecule has 0 aromatic heterocycles. The molecule has 1 N–H and O–H groups in total. The van der Waals surface area contributed by atoms with Crippen LogP contribution in [0.2, 0.25) is 0 Å². The van der Waals surface area contributed by atoms with Crippen LogP contribution in [-0.2, 0) is 23.9 Å². The van der Waals surface area contributed by atoms with Crippen LogP contribution in [0.3, 0.4) is 0 Å². The first-order valence-corrected chi connectivity index (χ1v) is 5.99. The number of dihydropyridines is 1. The molecule has 1 heterocycles. The molecule has 0 bridgehead atoms. The number of hydrogen-bond acceptors (Lipinski definition) is 6. The molecule has 0 radical (unpaired) electrons. The summed E-state index contributed by atoms with van der Waals surface area (Å²) in [7, 11) is 2.51. The predicted octanol–water partition coefficient (Wildman–Crippen LogP) is 0.443. The molecule has 0 spiro atoms. The lowest BCUT2D eigenvalue weighted by Crippen LogP contribution is -2.36. The maximum Gasteiger partial charge on any atom is 0.354 e. The van der Waals surface area contributed by atoms with E-state index in [1.807, 2.05) is 0 Å². The van der Waals surface area contributed by atoms with Crippen LogP contribution >= 0.6 is 0 Å². The van der Waals surface area contributed by atoms with Crippen molar-refractivity contribution in [1.29, 1.82) is 0 Å². The molecule has 2 rings (SSSR count). The molecule has 1 aliphatic carbocycles. The fourth-order valence-corrected chi connectivity index (χ4v) is 2.35. The van der Waals surface area contributed by atoms with Gasteiger partial charge < -0.3 is 14.8 Å². The minimum Gasteiger partial charge on any atom is -0.468 e. The Kier molecular flexibility index (Phi) is 3.69. The van der Waals surface area contributed by atoms with Crippen molar-refractivity contribution in [3.05, 3.63) is 23.0 Å². The topological polar surface area (TPSA) is 81.7 Å². The molecule has 0 fully saturated rings. The quantitative estimate of drug-likeness (QED) is 0.730. The Morgan fingerprint density at radius 2 is 2.00 bits per heavy atom. The summed E-state index contributed by atoms with van der Waals surface area (Å²) >= 11 is 0. The van der Waals surface area contributed by atoms with E-state index in [0.717, 1.165) is 0 Å². The van der Waals surface area contributed by atoms with Crippen LogP contribution in [0, 0.1) is 5.92 Å². The van der Waals surface area contributed by atoms with E-state index in [1.165, 1.54) is 20.3 Å². The number of rotatable bonds is 2. The minimum absolute atomic E-state index is 0.0793. The van der Waals surface area contributed by atoms with Gasteiger partial charge in [-0.25, -0.2) is 4.79 Å². The summed E-state index contributed by atoms with van der Waals surface area (Å²) in [5.41, 5.74) is 1.20. The van der Waals surface area contributed by atoms with Crippen LogP contribution in [0.5, 0.6) is 0 Å². The summed E-state index contributed by atoms with van der Waals surface area (Å²) in [5.74, 6) is -2.03. The number of ketones is 1. The second kappa shape index (κ2) is 5.26. The number of ether oxygens (including phenoxy) is 2. The van der Waals surface area contributed by atoms with Crippen LogP contribution in [-0.4, -0.2) is 31.9 Å². The molecule has 102 valence electrons. The standard InChI is InChI=1S/C13H15NO5/c1-18-12(16)7-6-9(13(17)19-2)14-8-4-3-5-10(15)11(7)8/h6-7,14H,3-5H2,1-2H3. The first kappa shape index (κ1) is 13.3. The van der Waals surface area contributed by atoms with Gasteiger partial charge in [0.2, 0.25) is 0 Å². The third-order valence-electron chi connectivity index (χ3n) is 3.25. The van der Waals surface area contributed by atoms with E-state index in [0.29, 0.717) is 30.5 Å². The lowest BCUT2D eigenvalue weighted by atomic mass is 9.83. The van der Waals surface area contributed by atoms with Gasteiger partial charge in [-0.1, -0.05) is 0 Å². The van der Waals surface area contributed by atoms with Gasteiger partial charge in [0.15, 0.2) is 5.78 Å². The van der Waals surface area contributed by atoms with Gasteiger partial charge in [0, 0.05) is 17.7 Å². The Balaban J connectivity index is 2.41. The summed E-state index contributed by atoms with van der Waals surface area (Å²) in [6.45, 7) is 0. The molecule has 0 aromatic carbocycles. The van der Waals surface area contributed by atoms with Gasteiger partial charge >= 0.3 is 11.9 Å². The molecule has 0 saturated heterocycles. The molecule has 6 heteroatoms. The van der Waals surface area contributed by atoms with Crippen LogP contribution in [0.4, 0.5) is 0 Å². The average molecular weight is 265 g/mol. The van der Waals surface area contributed by atoms with Crippen LogP contribution in [0.25, 0.3) is 0 Å². The van der Waals surface area contributed by atoms with E-state index in [-0.39, 0.29) is 11.5 Å². The first-order chi connectivity index (χ1) is 9.08. The van der Waals surface area contributed by atoms with Crippen LogP contribution in [0.15, 0.2) is 23.0 Å². The molecule has 2 aliphatic rings. The zero-order valence-electron chi connectivity index (χ0n) is 10.8. The maximum atomic E-state index is 12.0. The van der Waals surface area contributed by atoms with Crippen molar-refractivity contribution in [2.45, 2.75) is 19.3 Å². The Morgan fingerprint density at radius 1 is 1.26 bits per heavy atom. The van der Waals surface area contributed by atoms with Gasteiger partial charge in [-0.3, -0.25) is 9.59 Å². The fourth-order valence-electron chi connectivity index (χ4n) is 2.35. The molecule has 0 aromatic rings. The third kappa shape index (κ3) is 2.38. The summed E-state index contributed by atoms with van der Waals surface area (Å²) in [4.78, 5) is 35.3. The van der Waals surface area contributed by atoms with E-state index in [2.05, 4.69) is 10.1 Å². The molecule has 1 unspecified atom stereocenters. The highest BCUT2D eigenvalue weighted by Crippen LogP contribution is 2.32. The van der Waals surface area contributed by atoms with Crippen LogP contribution < -0.4 is 5.32 Å². The van der Waals surface area contributed by atoms with Crippen molar-refractivity contribution in [2.75, 3.05) is 14.2 Å². The van der Waals surface area contributed by atoms with Gasteiger partial charge in [-0.2, -0.15) is 0 Å². The summed E-state index contributed by atoms with van der Waals surface area (Å²) in [6.07, 6.45) is 3.13. The van der Waals surface area contributed by atoms with Gasteiger partial charge in [0.25, 0.3) is 0 Å². The van der Waals surface area contributed by atoms with Crippen molar-refractivity contribution in [3.8, 4) is 0 Å². The monoisotopic (exact) mass is 265 g/mol. The number of carbonyl (C=O) groups excluding carboxylic acids is 3. The van der Waals surface area contributed by atoms with Crippen molar-refractivity contribution in [3.63, 3.8) is 0 Å². The zero-order chi connectivity index (χ0) is 14.0. The largest absolute Gasteiger partial charge is 0.468 e. The lowest BCUT2D eigenvalue weighted by Gasteiger charge is -2.28. The predicted molar refractivity (Wildman–Crippen MR) is 64.6 cm³/mol. The van der Waals surface area contributed by atoms with Crippen molar-refractivity contribution >= 4 is 17.7 Å². The van der Waals surface area contributed by atoms with E-state index in [9.17, 15) is 14.4 Å². The van der Waals surface area contributed by atoms with E-state index in [4.69, 9.17) is 4.74 Å². The highest BCUT2D eigenvalue weighted by Gasteiger charge is 2.36. The number of carbonyl (C=O) groups is 3. The number of Topliss-reactive ketones (excluding diaryl/α,β-unsaturated/α-hetero) is 1. The number of nitrogens with one attached hydrogen (secondary N) is 1. The molecule has 6 nitrogen and oxygen atoms in total. The van der Waals surface area contributed by atoms with Gasteiger partial charge in [0.1, 0.15) is 11.6 Å². The molecule has 0 amide bonds. The second-order valence-corrected chi connectivity index (χ2v) is 4.37. The Labute approximate surface area is 110 Å². The van der Waals surface area contributed by atoms with E-state index >= 15 is 0 Å². The number of allylic oxidation sites excluding steroid dienone is 1. The lowest BCUT2D eigenvalue weighted by molar-refractivity contribution is -0.143. The molecule has 19 heavy (non-hydrogen) atoms. The first-order valence-electron chi connectivity index (χ1n) is 5.99. The Morgan fingerprint density at radius 3 is 2.63 bits per heavy atom. The number of methoxy groups -OCH3 is 2. The van der Waals surface area contributed by atoms with Gasteiger partial charge in [-0.05, 0) is 18.9 Å². The van der Waals surface area contributed by atoms with E-state index in [1.54, 1.807) is 0 Å². The fraction of sp³-hybridized carbons (Fsp3) is 0.462. The Hall–Kier alpha value is -2.11. The van der Waals surface area contributed by atoms with Crippen molar-refractivity contribution in [1.82, 2.24) is 5.32 Å². The van der Waals surface area contributed by atoms with E-state index < -0.39 is 17.9 Å². The van der Waals surface area contributed by atoms with Crippen molar-refractivity contribution < 1.29 is 23.9 Å². The average Bonchev–Trinajstić information content (AvgIpc) is 2.44. The smallest absolute Gasteiger partial charge is 0.354 e. The third-order valence-corrected chi connectivity index (χ3v) is 3.25. The number of hydrogen-bond donors (Lipinski definition) is 1. The van der Waals surface area contributed by atoms with Crippen LogP contribution in [0.1, 0.15) is 19.3 Å². The summed E-state index contributed by atoms with van der Waals surface area (Å²) in [5, 5.41) is 2.88. The normalized spacial score (nSPS) is 22.1. The minimum atomic E-state index is -0.830. The molecule has 1 atom stereocenters. The molecular formula is C13H15NO5. The van der Waals surface area contributed by atoms with Crippen molar-refractivity contribution in [2.24, 2.45) is 5.92 Å². The molecular weight excluding hydrogens is 250 g/mol. The Bertz CT molecular complexity index is 503. The number of esters is 2. The van der Waals surface area contributed by atoms with Gasteiger partial charge in [0.05, 0.1) is 14.2 Å². The summed E-state index contributed by atoms with van der Waals surface area (Å²) < 4.78 is 9.33.